The fraction of sp³-hybridized carbons (Fsp3) is 0.714. The number of piperazine rings is 1. The maximum Gasteiger partial charge on any atom is 0.282 e. The highest BCUT2D eigenvalue weighted by atomic mass is 32.2. The van der Waals surface area contributed by atoms with Crippen LogP contribution < -0.4 is 4.90 Å². The smallest absolute Gasteiger partial charge is 0.282 e. The minimum atomic E-state index is -3.40. The average molecular weight is 450 g/mol. The average Bonchev–Trinajstić information content (AvgIpc) is 3.18. The van der Waals surface area contributed by atoms with Crippen molar-refractivity contribution in [3.63, 3.8) is 0 Å². The third kappa shape index (κ3) is 3.63. The Morgan fingerprint density at radius 3 is 2.50 bits per heavy atom. The summed E-state index contributed by atoms with van der Waals surface area (Å²) in [6.07, 6.45) is 11.9. The Balaban J connectivity index is 1.33. The Morgan fingerprint density at radius 2 is 1.73 bits per heavy atom. The summed E-state index contributed by atoms with van der Waals surface area (Å²) in [7, 11) is -1.64. The molecular weight excluding hydrogens is 418 g/mol. The molecule has 2 fully saturated rings. The summed E-state index contributed by atoms with van der Waals surface area (Å²) < 4.78 is 29.7. The van der Waals surface area contributed by atoms with E-state index in [1.54, 1.807) is 22.0 Å². The molecule has 1 aliphatic heterocycles. The second kappa shape index (κ2) is 8.33. The molecule has 5 rings (SSSR count). The molecule has 9 heteroatoms. The van der Waals surface area contributed by atoms with Gasteiger partial charge in [-0.15, -0.1) is 11.3 Å². The maximum absolute atomic E-state index is 13.2. The molecule has 2 aliphatic carbocycles. The number of aryl methyl sites for hydroxylation is 2. The molecule has 164 valence electrons. The van der Waals surface area contributed by atoms with Crippen LogP contribution in [-0.4, -0.2) is 66.3 Å². The van der Waals surface area contributed by atoms with Crippen molar-refractivity contribution in [2.45, 2.75) is 63.8 Å². The molecule has 0 spiro atoms. The van der Waals surface area contributed by atoms with Crippen LogP contribution in [0.15, 0.2) is 6.33 Å². The lowest BCUT2D eigenvalue weighted by Gasteiger charge is -2.39. The summed E-state index contributed by atoms with van der Waals surface area (Å²) in [6.45, 7) is 2.37. The van der Waals surface area contributed by atoms with Gasteiger partial charge in [-0.1, -0.05) is 19.3 Å². The zero-order valence-corrected chi connectivity index (χ0v) is 19.3. The molecule has 0 amide bonds. The van der Waals surface area contributed by atoms with E-state index >= 15 is 0 Å². The molecule has 1 saturated heterocycles. The van der Waals surface area contributed by atoms with E-state index in [1.165, 1.54) is 35.1 Å². The lowest BCUT2D eigenvalue weighted by atomic mass is 9.96. The molecule has 0 atom stereocenters. The number of aromatic nitrogens is 2. The summed E-state index contributed by atoms with van der Waals surface area (Å²) in [5.74, 6) is 0.997. The molecule has 0 N–H and O–H groups in total. The van der Waals surface area contributed by atoms with Crippen LogP contribution in [0.3, 0.4) is 0 Å². The van der Waals surface area contributed by atoms with Gasteiger partial charge in [0.2, 0.25) is 0 Å². The fourth-order valence-electron chi connectivity index (χ4n) is 5.26. The molecule has 0 unspecified atom stereocenters. The van der Waals surface area contributed by atoms with Crippen molar-refractivity contribution in [3.05, 3.63) is 16.8 Å². The lowest BCUT2D eigenvalue weighted by Crippen LogP contribution is -2.54. The van der Waals surface area contributed by atoms with Gasteiger partial charge in [0.1, 0.15) is 17.0 Å². The number of fused-ring (bicyclic) bond motifs is 3. The molecule has 3 aliphatic rings. The van der Waals surface area contributed by atoms with Crippen LogP contribution in [0, 0.1) is 0 Å². The minimum Gasteiger partial charge on any atom is -0.353 e. The van der Waals surface area contributed by atoms with Crippen molar-refractivity contribution in [1.29, 1.82) is 0 Å². The Morgan fingerprint density at radius 1 is 1.00 bits per heavy atom. The molecule has 30 heavy (non-hydrogen) atoms. The summed E-state index contributed by atoms with van der Waals surface area (Å²) in [4.78, 5) is 14.0. The summed E-state index contributed by atoms with van der Waals surface area (Å²) >= 11 is 1.81. The largest absolute Gasteiger partial charge is 0.353 e. The quantitative estimate of drug-likeness (QED) is 0.717. The first-order valence-corrected chi connectivity index (χ1v) is 13.5. The molecule has 0 bridgehead atoms. The molecule has 3 heterocycles. The summed E-state index contributed by atoms with van der Waals surface area (Å²) in [5, 5.41) is 1.22. The van der Waals surface area contributed by atoms with E-state index in [0.29, 0.717) is 26.2 Å². The second-order valence-corrected chi connectivity index (χ2v) is 11.9. The van der Waals surface area contributed by atoms with E-state index < -0.39 is 10.2 Å². The monoisotopic (exact) mass is 449 g/mol. The van der Waals surface area contributed by atoms with Crippen molar-refractivity contribution in [3.8, 4) is 0 Å². The van der Waals surface area contributed by atoms with E-state index in [0.717, 1.165) is 49.2 Å². The van der Waals surface area contributed by atoms with Gasteiger partial charge in [0.15, 0.2) is 0 Å². The number of nitrogens with zero attached hydrogens (tertiary/aromatic N) is 5. The molecule has 1 saturated carbocycles. The van der Waals surface area contributed by atoms with Crippen LogP contribution in [0.4, 0.5) is 5.82 Å². The first kappa shape index (κ1) is 20.6. The number of anilines is 1. The van der Waals surface area contributed by atoms with Crippen LogP contribution in [0.5, 0.6) is 0 Å². The van der Waals surface area contributed by atoms with E-state index in [2.05, 4.69) is 14.9 Å². The van der Waals surface area contributed by atoms with Gasteiger partial charge in [-0.05, 0) is 44.1 Å². The third-order valence-corrected chi connectivity index (χ3v) is 10.3. The Kier molecular flexibility index (Phi) is 5.72. The summed E-state index contributed by atoms with van der Waals surface area (Å²) in [6, 6.07) is 0.153. The number of thiophene rings is 1. The highest BCUT2D eigenvalue weighted by Crippen LogP contribution is 2.39. The number of hydrogen-bond acceptors (Lipinski definition) is 6. The maximum atomic E-state index is 13.2. The van der Waals surface area contributed by atoms with Crippen molar-refractivity contribution in [2.75, 3.05) is 38.1 Å². The molecular formula is C21H31N5O2S2. The standard InChI is InChI=1S/C21H31N5O2S2/c1-24(16-7-3-2-4-8-16)30(27,28)26-13-11-25(12-14-26)20-19-17-9-5-6-10-18(17)29-21(19)23-15-22-20/h15-16H,2-14H2,1H3. The van der Waals surface area contributed by atoms with Crippen LogP contribution in [0.2, 0.25) is 0 Å². The normalized spacial score (nSPS) is 22.0. The molecule has 2 aromatic rings. The van der Waals surface area contributed by atoms with Gasteiger partial charge < -0.3 is 4.90 Å². The van der Waals surface area contributed by atoms with Gasteiger partial charge in [-0.2, -0.15) is 17.0 Å². The predicted molar refractivity (Wildman–Crippen MR) is 121 cm³/mol. The number of rotatable bonds is 4. The SMILES string of the molecule is CN(C1CCCCC1)S(=O)(=O)N1CCN(c2ncnc3sc4c(c23)CCCC4)CC1. The van der Waals surface area contributed by atoms with Crippen molar-refractivity contribution < 1.29 is 8.42 Å². The highest BCUT2D eigenvalue weighted by Gasteiger charge is 2.35. The molecule has 0 aromatic carbocycles. The lowest BCUT2D eigenvalue weighted by molar-refractivity contribution is 0.259. The Labute approximate surface area is 183 Å². The van der Waals surface area contributed by atoms with Crippen LogP contribution in [-0.2, 0) is 23.1 Å². The second-order valence-electron chi connectivity index (χ2n) is 8.79. The van der Waals surface area contributed by atoms with E-state index in [1.807, 2.05) is 11.3 Å². The van der Waals surface area contributed by atoms with Gasteiger partial charge >= 0.3 is 0 Å². The molecule has 0 radical (unpaired) electrons. The van der Waals surface area contributed by atoms with Gasteiger partial charge in [0.25, 0.3) is 10.2 Å². The fourth-order valence-corrected chi connectivity index (χ4v) is 8.06. The zero-order valence-electron chi connectivity index (χ0n) is 17.7. The third-order valence-electron chi connectivity index (χ3n) is 7.05. The van der Waals surface area contributed by atoms with Crippen LogP contribution in [0.1, 0.15) is 55.4 Å². The van der Waals surface area contributed by atoms with Gasteiger partial charge in [0.05, 0.1) is 5.39 Å². The van der Waals surface area contributed by atoms with Gasteiger partial charge in [-0.25, -0.2) is 9.97 Å². The topological polar surface area (TPSA) is 69.6 Å². The van der Waals surface area contributed by atoms with E-state index in [9.17, 15) is 8.42 Å². The highest BCUT2D eigenvalue weighted by molar-refractivity contribution is 7.86. The molecule has 2 aromatic heterocycles. The molecule has 7 nitrogen and oxygen atoms in total. The van der Waals surface area contributed by atoms with Crippen LogP contribution in [0.25, 0.3) is 10.2 Å². The summed E-state index contributed by atoms with van der Waals surface area (Å²) in [5.41, 5.74) is 1.43. The zero-order chi connectivity index (χ0) is 20.7. The minimum absolute atomic E-state index is 0.153. The first-order valence-electron chi connectivity index (χ1n) is 11.3. The van der Waals surface area contributed by atoms with Crippen molar-refractivity contribution in [1.82, 2.24) is 18.6 Å². The van der Waals surface area contributed by atoms with Crippen molar-refractivity contribution in [2.24, 2.45) is 0 Å². The first-order chi connectivity index (χ1) is 14.6. The Bertz CT molecular complexity index is 1010. The van der Waals surface area contributed by atoms with E-state index in [-0.39, 0.29) is 6.04 Å². The van der Waals surface area contributed by atoms with Gasteiger partial charge in [-0.3, -0.25) is 0 Å². The van der Waals surface area contributed by atoms with Gasteiger partial charge in [0, 0.05) is 44.1 Å². The van der Waals surface area contributed by atoms with E-state index in [4.69, 9.17) is 0 Å². The Hall–Kier alpha value is -1.29. The number of hydrogen-bond donors (Lipinski definition) is 0. The van der Waals surface area contributed by atoms with Crippen molar-refractivity contribution >= 4 is 37.6 Å². The van der Waals surface area contributed by atoms with Crippen LogP contribution >= 0.6 is 11.3 Å². The predicted octanol–water partition coefficient (Wildman–Crippen LogP) is 3.20.